The van der Waals surface area contributed by atoms with Gasteiger partial charge in [0.25, 0.3) is 0 Å². The molecule has 0 amide bonds. The predicted molar refractivity (Wildman–Crippen MR) is 101 cm³/mol. The second kappa shape index (κ2) is 9.17. The lowest BCUT2D eigenvalue weighted by Crippen LogP contribution is -1.93. The van der Waals surface area contributed by atoms with E-state index in [0.717, 1.165) is 11.1 Å². The van der Waals surface area contributed by atoms with Crippen molar-refractivity contribution in [3.63, 3.8) is 0 Å². The summed E-state index contributed by atoms with van der Waals surface area (Å²) in [6.45, 7) is 11.7. The molecule has 2 heteroatoms. The molecule has 0 atom stereocenters. The van der Waals surface area contributed by atoms with Gasteiger partial charge in [-0.25, -0.2) is 0 Å². The summed E-state index contributed by atoms with van der Waals surface area (Å²) in [5.74, 6) is 1.33. The summed E-state index contributed by atoms with van der Waals surface area (Å²) in [5, 5.41) is 0. The Hall–Kier alpha value is -2.22. The van der Waals surface area contributed by atoms with Crippen molar-refractivity contribution in [3.8, 4) is 0 Å². The largest absolute Gasteiger partial charge is 0.295 e. The van der Waals surface area contributed by atoms with Gasteiger partial charge < -0.3 is 0 Å². The van der Waals surface area contributed by atoms with Crippen molar-refractivity contribution < 1.29 is 9.59 Å². The Labute approximate surface area is 145 Å². The average Bonchev–Trinajstić information content (AvgIpc) is 2.55. The number of ketones is 2. The van der Waals surface area contributed by atoms with Gasteiger partial charge in [0.05, 0.1) is 0 Å². The van der Waals surface area contributed by atoms with E-state index in [4.69, 9.17) is 0 Å². The Morgan fingerprint density at radius 1 is 0.583 bits per heavy atom. The Kier molecular flexibility index (Phi) is 7.57. The number of benzene rings is 2. The van der Waals surface area contributed by atoms with E-state index in [-0.39, 0.29) is 11.6 Å². The number of hydrogen-bond donors (Lipinski definition) is 0. The lowest BCUT2D eigenvalue weighted by Gasteiger charge is -2.04. The first-order valence-electron chi connectivity index (χ1n) is 8.44. The summed E-state index contributed by atoms with van der Waals surface area (Å²) in [5.41, 5.74) is 4.14. The van der Waals surface area contributed by atoms with Gasteiger partial charge in [-0.2, -0.15) is 0 Å². The van der Waals surface area contributed by atoms with Gasteiger partial charge in [0.2, 0.25) is 0 Å². The average molecular weight is 324 g/mol. The minimum atomic E-state index is 0.130. The molecule has 0 N–H and O–H groups in total. The molecule has 0 aliphatic heterocycles. The maximum atomic E-state index is 10.9. The van der Waals surface area contributed by atoms with Crippen LogP contribution in [-0.4, -0.2) is 11.6 Å². The highest BCUT2D eigenvalue weighted by atomic mass is 16.1. The Balaban J connectivity index is 0.000000240. The lowest BCUT2D eigenvalue weighted by atomic mass is 10.0. The van der Waals surface area contributed by atoms with Gasteiger partial charge in [0.15, 0.2) is 11.6 Å². The number of carbonyl (C=O) groups is 2. The molecule has 128 valence electrons. The van der Waals surface area contributed by atoms with Crippen LogP contribution in [0, 0.1) is 0 Å². The molecular weight excluding hydrogens is 296 g/mol. The maximum absolute atomic E-state index is 10.9. The SMILES string of the molecule is CC(=O)c1ccc(C(C)C)cc1.CC(=O)c1ccc(C(C)C)cc1. The van der Waals surface area contributed by atoms with Gasteiger partial charge in [-0.1, -0.05) is 76.2 Å². The zero-order chi connectivity index (χ0) is 18.3. The van der Waals surface area contributed by atoms with E-state index in [2.05, 4.69) is 27.7 Å². The van der Waals surface area contributed by atoms with E-state index in [1.807, 2.05) is 48.5 Å². The standard InChI is InChI=1S/2C11H14O/c2*1-8(2)10-4-6-11(7-5-10)9(3)12/h2*4-8H,1-3H3. The van der Waals surface area contributed by atoms with Crippen LogP contribution in [0.2, 0.25) is 0 Å². The van der Waals surface area contributed by atoms with Crippen LogP contribution in [-0.2, 0) is 0 Å². The van der Waals surface area contributed by atoms with Crippen LogP contribution in [0.5, 0.6) is 0 Å². The van der Waals surface area contributed by atoms with E-state index < -0.39 is 0 Å². The number of Topliss-reactive ketones (excluding diaryl/α,β-unsaturated/α-hetero) is 2. The molecular formula is C22H28O2. The van der Waals surface area contributed by atoms with Crippen LogP contribution in [0.4, 0.5) is 0 Å². The van der Waals surface area contributed by atoms with E-state index in [1.54, 1.807) is 13.8 Å². The molecule has 0 aliphatic rings. The topological polar surface area (TPSA) is 34.1 Å². The van der Waals surface area contributed by atoms with Crippen LogP contribution < -0.4 is 0 Å². The smallest absolute Gasteiger partial charge is 0.159 e. The molecule has 0 heterocycles. The molecule has 0 radical (unpaired) electrons. The molecule has 2 rings (SSSR count). The predicted octanol–water partition coefficient (Wildman–Crippen LogP) is 6.03. The van der Waals surface area contributed by atoms with Crippen molar-refractivity contribution in [2.24, 2.45) is 0 Å². The summed E-state index contributed by atoms with van der Waals surface area (Å²) >= 11 is 0. The molecule has 0 unspecified atom stereocenters. The monoisotopic (exact) mass is 324 g/mol. The highest BCUT2D eigenvalue weighted by molar-refractivity contribution is 5.94. The first-order valence-corrected chi connectivity index (χ1v) is 8.44. The summed E-state index contributed by atoms with van der Waals surface area (Å²) in [6.07, 6.45) is 0. The zero-order valence-corrected chi connectivity index (χ0v) is 15.6. The van der Waals surface area contributed by atoms with Gasteiger partial charge in [-0.05, 0) is 36.8 Å². The summed E-state index contributed by atoms with van der Waals surface area (Å²) in [6, 6.07) is 15.6. The molecule has 0 aromatic heterocycles. The second-order valence-corrected chi connectivity index (χ2v) is 6.67. The molecule has 2 aromatic rings. The molecule has 24 heavy (non-hydrogen) atoms. The quantitative estimate of drug-likeness (QED) is 0.644. The molecule has 0 saturated carbocycles. The third-order valence-electron chi connectivity index (χ3n) is 3.97. The minimum absolute atomic E-state index is 0.130. The molecule has 0 saturated heterocycles. The fraction of sp³-hybridized carbons (Fsp3) is 0.364. The first kappa shape index (κ1) is 19.8. The minimum Gasteiger partial charge on any atom is -0.295 e. The Bertz CT molecular complexity index is 601. The normalized spacial score (nSPS) is 10.3. The number of rotatable bonds is 4. The maximum Gasteiger partial charge on any atom is 0.159 e. The van der Waals surface area contributed by atoms with E-state index >= 15 is 0 Å². The van der Waals surface area contributed by atoms with Gasteiger partial charge in [0, 0.05) is 11.1 Å². The van der Waals surface area contributed by atoms with E-state index in [0.29, 0.717) is 11.8 Å². The molecule has 2 aromatic carbocycles. The molecule has 0 spiro atoms. The van der Waals surface area contributed by atoms with Gasteiger partial charge in [-0.3, -0.25) is 9.59 Å². The summed E-state index contributed by atoms with van der Waals surface area (Å²) in [4.78, 5) is 21.9. The van der Waals surface area contributed by atoms with E-state index in [1.165, 1.54) is 11.1 Å². The summed E-state index contributed by atoms with van der Waals surface area (Å²) < 4.78 is 0. The third kappa shape index (κ3) is 6.11. The van der Waals surface area contributed by atoms with E-state index in [9.17, 15) is 9.59 Å². The van der Waals surface area contributed by atoms with Crippen LogP contribution in [0.15, 0.2) is 48.5 Å². The molecule has 0 bridgehead atoms. The van der Waals surface area contributed by atoms with Gasteiger partial charge in [0.1, 0.15) is 0 Å². The fourth-order valence-corrected chi connectivity index (χ4v) is 2.21. The van der Waals surface area contributed by atoms with Crippen molar-refractivity contribution in [2.45, 2.75) is 53.4 Å². The van der Waals surface area contributed by atoms with Crippen molar-refractivity contribution in [1.82, 2.24) is 0 Å². The van der Waals surface area contributed by atoms with Gasteiger partial charge >= 0.3 is 0 Å². The third-order valence-corrected chi connectivity index (χ3v) is 3.97. The molecule has 2 nitrogen and oxygen atoms in total. The number of hydrogen-bond acceptors (Lipinski definition) is 2. The Morgan fingerprint density at radius 2 is 0.833 bits per heavy atom. The lowest BCUT2D eigenvalue weighted by molar-refractivity contribution is 0.100. The van der Waals surface area contributed by atoms with Crippen LogP contribution in [0.3, 0.4) is 0 Å². The second-order valence-electron chi connectivity index (χ2n) is 6.67. The van der Waals surface area contributed by atoms with Crippen molar-refractivity contribution in [2.75, 3.05) is 0 Å². The van der Waals surface area contributed by atoms with Crippen LogP contribution in [0.25, 0.3) is 0 Å². The molecule has 0 aliphatic carbocycles. The molecule has 0 fully saturated rings. The first-order chi connectivity index (χ1) is 11.2. The highest BCUT2D eigenvalue weighted by Gasteiger charge is 2.01. The zero-order valence-electron chi connectivity index (χ0n) is 15.6. The van der Waals surface area contributed by atoms with Crippen molar-refractivity contribution in [1.29, 1.82) is 0 Å². The number of carbonyl (C=O) groups excluding carboxylic acids is 2. The van der Waals surface area contributed by atoms with Crippen molar-refractivity contribution >= 4 is 11.6 Å². The Morgan fingerprint density at radius 3 is 1.00 bits per heavy atom. The van der Waals surface area contributed by atoms with Crippen LogP contribution >= 0.6 is 0 Å². The summed E-state index contributed by atoms with van der Waals surface area (Å²) in [7, 11) is 0. The van der Waals surface area contributed by atoms with Crippen LogP contribution in [0.1, 0.15) is 85.2 Å². The van der Waals surface area contributed by atoms with Gasteiger partial charge in [-0.15, -0.1) is 0 Å². The van der Waals surface area contributed by atoms with Crippen molar-refractivity contribution in [3.05, 3.63) is 70.8 Å². The highest BCUT2D eigenvalue weighted by Crippen LogP contribution is 2.15. The fourth-order valence-electron chi connectivity index (χ4n) is 2.21.